The highest BCUT2D eigenvalue weighted by Gasteiger charge is 2.32. The quantitative estimate of drug-likeness (QED) is 0.0923. The highest BCUT2D eigenvalue weighted by atomic mass is 32.2. The molecule has 8 aromatic rings. The van der Waals surface area contributed by atoms with E-state index in [4.69, 9.17) is 18.9 Å². The van der Waals surface area contributed by atoms with Crippen molar-refractivity contribution in [2.45, 2.75) is 48.7 Å². The van der Waals surface area contributed by atoms with Crippen molar-refractivity contribution in [1.29, 1.82) is 0 Å². The smallest absolute Gasteiger partial charge is 0.187 e. The van der Waals surface area contributed by atoms with Crippen LogP contribution in [0.5, 0.6) is 23.0 Å². The first-order valence-electron chi connectivity index (χ1n) is 22.5. The van der Waals surface area contributed by atoms with Crippen LogP contribution in [0.15, 0.2) is 97.6 Å². The normalized spacial score (nSPS) is 12.2. The van der Waals surface area contributed by atoms with Gasteiger partial charge in [-0.25, -0.2) is 55.5 Å². The van der Waals surface area contributed by atoms with E-state index in [0.29, 0.717) is 69.0 Å². The number of pyridine rings is 2. The van der Waals surface area contributed by atoms with Gasteiger partial charge in [0.1, 0.15) is 80.6 Å². The zero-order valence-corrected chi connectivity index (χ0v) is 43.1. The third-order valence-electron chi connectivity index (χ3n) is 11.4. The zero-order valence-electron chi connectivity index (χ0n) is 41.4. The van der Waals surface area contributed by atoms with Gasteiger partial charge in [-0.15, -0.1) is 20.4 Å². The van der Waals surface area contributed by atoms with Crippen molar-refractivity contribution in [1.82, 2.24) is 59.4 Å². The number of sulfone groups is 2. The molecular weight excluding hydrogens is 1000 g/mol. The van der Waals surface area contributed by atoms with Crippen LogP contribution in [-0.4, -0.2) is 129 Å². The average Bonchev–Trinajstić information content (AvgIpc) is 4.02. The van der Waals surface area contributed by atoms with Gasteiger partial charge in [0, 0.05) is 26.9 Å². The van der Waals surface area contributed by atoms with Crippen LogP contribution in [-0.2, 0) is 44.0 Å². The molecule has 26 heteroatoms. The van der Waals surface area contributed by atoms with Gasteiger partial charge in [-0.1, -0.05) is 24.3 Å². The minimum atomic E-state index is -3.78. The number of nitrogens with zero attached hydrogens (tertiary/aromatic N) is 12. The lowest BCUT2D eigenvalue weighted by molar-refractivity contribution is 0.390. The summed E-state index contributed by atoms with van der Waals surface area (Å²) in [6.45, 7) is 3.09. The number of halogens is 2. The molecular formula is C48H52F2N14O8S2. The average molecular weight is 1060 g/mol. The van der Waals surface area contributed by atoms with Crippen molar-refractivity contribution < 1.29 is 44.6 Å². The Kier molecular flexibility index (Phi) is 17.0. The van der Waals surface area contributed by atoms with Crippen molar-refractivity contribution >= 4 is 31.3 Å². The van der Waals surface area contributed by atoms with Crippen LogP contribution in [0.4, 0.5) is 20.4 Å². The molecule has 0 bridgehead atoms. The van der Waals surface area contributed by atoms with E-state index < -0.39 is 53.3 Å². The van der Waals surface area contributed by atoms with Gasteiger partial charge in [0.25, 0.3) is 0 Å². The zero-order chi connectivity index (χ0) is 53.2. The van der Waals surface area contributed by atoms with Crippen LogP contribution >= 0.6 is 0 Å². The first-order chi connectivity index (χ1) is 35.5. The van der Waals surface area contributed by atoms with Crippen molar-refractivity contribution in [2.75, 3.05) is 53.2 Å². The van der Waals surface area contributed by atoms with Crippen LogP contribution < -0.4 is 29.6 Å². The summed E-state index contributed by atoms with van der Waals surface area (Å²) in [7, 11) is 1.93. The summed E-state index contributed by atoms with van der Waals surface area (Å²) < 4.78 is 105. The Labute approximate surface area is 425 Å². The first kappa shape index (κ1) is 53.5. The largest absolute Gasteiger partial charge is 0.494 e. The van der Waals surface area contributed by atoms with Crippen LogP contribution in [0.25, 0.3) is 34.4 Å². The van der Waals surface area contributed by atoms with Gasteiger partial charge in [0.05, 0.1) is 63.7 Å². The Morgan fingerprint density at radius 2 is 0.838 bits per heavy atom. The lowest BCUT2D eigenvalue weighted by Crippen LogP contribution is -2.24. The van der Waals surface area contributed by atoms with Crippen molar-refractivity contribution in [3.05, 3.63) is 133 Å². The molecule has 2 atom stereocenters. The summed E-state index contributed by atoms with van der Waals surface area (Å²) in [5.74, 6) is 2.15. The Hall–Kier alpha value is -8.26. The molecule has 6 aromatic heterocycles. The van der Waals surface area contributed by atoms with Gasteiger partial charge < -0.3 is 29.6 Å². The maximum absolute atomic E-state index is 13.4. The maximum Gasteiger partial charge on any atom is 0.187 e. The molecule has 0 amide bonds. The molecule has 0 unspecified atom stereocenters. The van der Waals surface area contributed by atoms with Gasteiger partial charge in [-0.2, -0.15) is 0 Å². The van der Waals surface area contributed by atoms with E-state index in [-0.39, 0.29) is 36.1 Å². The molecule has 0 aliphatic heterocycles. The standard InChI is InChI=1S/2C24H26FN7O4S/c2*1-15(11-21-27-12-16(25)13-28-21)37(33,34)14-22-30-31-24(17-7-5-10-20(26-2)29-17)32(22)23-18(35-3)8-6-9-19(23)36-4/h2*5-10,12-13,15H,11,14H2,1-4H3,(H,26,29)/t2*15-/m10/s1. The van der Waals surface area contributed by atoms with Crippen LogP contribution in [0.3, 0.4) is 0 Å². The van der Waals surface area contributed by atoms with Crippen LogP contribution in [0.1, 0.15) is 37.1 Å². The molecule has 2 aromatic carbocycles. The summed E-state index contributed by atoms with van der Waals surface area (Å²) in [6.07, 6.45) is 4.03. The molecule has 0 saturated heterocycles. The molecule has 8 rings (SSSR count). The van der Waals surface area contributed by atoms with Gasteiger partial charge in [-0.3, -0.25) is 9.13 Å². The minimum absolute atomic E-state index is 0.00730. The van der Waals surface area contributed by atoms with Gasteiger partial charge in [0.15, 0.2) is 54.6 Å². The van der Waals surface area contributed by atoms with E-state index in [9.17, 15) is 25.6 Å². The Bertz CT molecular complexity index is 3170. The topological polar surface area (TPSA) is 268 Å². The predicted molar refractivity (Wildman–Crippen MR) is 270 cm³/mol. The van der Waals surface area contributed by atoms with Gasteiger partial charge in [0.2, 0.25) is 0 Å². The summed E-state index contributed by atoms with van der Waals surface area (Å²) in [6, 6.07) is 21.1. The van der Waals surface area contributed by atoms with Crippen LogP contribution in [0, 0.1) is 11.6 Å². The van der Waals surface area contributed by atoms with Gasteiger partial charge >= 0.3 is 0 Å². The molecule has 74 heavy (non-hydrogen) atoms. The second kappa shape index (κ2) is 23.5. The Morgan fingerprint density at radius 3 is 1.15 bits per heavy atom. The molecule has 2 N–H and O–H groups in total. The molecule has 388 valence electrons. The van der Waals surface area contributed by atoms with E-state index in [1.165, 1.54) is 28.4 Å². The molecule has 0 aliphatic rings. The molecule has 0 aliphatic carbocycles. The molecule has 0 saturated carbocycles. The second-order valence-corrected chi connectivity index (χ2v) is 21.0. The van der Waals surface area contributed by atoms with E-state index in [2.05, 4.69) is 60.9 Å². The fourth-order valence-corrected chi connectivity index (χ4v) is 9.89. The summed E-state index contributed by atoms with van der Waals surface area (Å²) in [5.41, 5.74) is 1.79. The van der Waals surface area contributed by atoms with E-state index >= 15 is 0 Å². The number of hydrogen-bond acceptors (Lipinski definition) is 20. The van der Waals surface area contributed by atoms with Crippen molar-refractivity contribution in [2.24, 2.45) is 0 Å². The number of methoxy groups -OCH3 is 4. The van der Waals surface area contributed by atoms with Crippen molar-refractivity contribution in [3.8, 4) is 57.4 Å². The Morgan fingerprint density at radius 1 is 0.514 bits per heavy atom. The third-order valence-corrected chi connectivity index (χ3v) is 15.5. The fraction of sp³-hybridized carbons (Fsp3) is 0.292. The van der Waals surface area contributed by atoms with E-state index in [1.807, 2.05) is 0 Å². The summed E-state index contributed by atoms with van der Waals surface area (Å²) in [5, 5.41) is 21.3. The number of aromatic nitrogens is 12. The highest BCUT2D eigenvalue weighted by Crippen LogP contribution is 2.38. The third kappa shape index (κ3) is 12.1. The number of ether oxygens (including phenoxy) is 4. The second-order valence-electron chi connectivity index (χ2n) is 16.2. The van der Waals surface area contributed by atoms with Crippen molar-refractivity contribution in [3.63, 3.8) is 0 Å². The SMILES string of the molecule is CNc1cccc(-c2nnc(CS(=O)(=O)[C@@H](C)Cc3ncc(F)cn3)n2-c2c(OC)cccc2OC)n1.CNc1cccc(-c2nnc(CS(=O)(=O)[C@H](C)Cc3ncc(F)cn3)n2-c2c(OC)cccc2OC)n1. The summed E-state index contributed by atoms with van der Waals surface area (Å²) >= 11 is 0. The predicted octanol–water partition coefficient (Wildman–Crippen LogP) is 5.73. The number of benzene rings is 2. The maximum atomic E-state index is 13.4. The number of hydrogen-bond donors (Lipinski definition) is 2. The highest BCUT2D eigenvalue weighted by molar-refractivity contribution is 7.91. The minimum Gasteiger partial charge on any atom is -0.494 e. The lowest BCUT2D eigenvalue weighted by atomic mass is 10.2. The summed E-state index contributed by atoms with van der Waals surface area (Å²) in [4.78, 5) is 24.6. The molecule has 0 spiro atoms. The van der Waals surface area contributed by atoms with Gasteiger partial charge in [-0.05, 0) is 62.4 Å². The number of anilines is 2. The molecule has 22 nitrogen and oxygen atoms in total. The van der Waals surface area contributed by atoms with E-state index in [0.717, 1.165) is 24.8 Å². The van der Waals surface area contributed by atoms with E-state index in [1.54, 1.807) is 110 Å². The lowest BCUT2D eigenvalue weighted by Gasteiger charge is -2.18. The monoisotopic (exact) mass is 1050 g/mol. The molecule has 0 radical (unpaired) electrons. The molecule has 0 fully saturated rings. The van der Waals surface area contributed by atoms with Crippen LogP contribution in [0.2, 0.25) is 0 Å². The first-order valence-corrected chi connectivity index (χ1v) is 25.9. The number of nitrogens with one attached hydrogen (secondary N) is 2. The molecule has 6 heterocycles. The number of para-hydroxylation sites is 2. The Balaban J connectivity index is 0.000000216. The number of rotatable bonds is 20. The fourth-order valence-electron chi connectivity index (χ4n) is 7.42.